The molecule has 0 bridgehead atoms. The zero-order valence-corrected chi connectivity index (χ0v) is 21.8. The molecule has 6 aliphatic rings. The summed E-state index contributed by atoms with van der Waals surface area (Å²) < 4.78 is 10.5. The Hall–Kier alpha value is -5.48. The van der Waals surface area contributed by atoms with Gasteiger partial charge in [-0.2, -0.15) is 9.13 Å². The lowest BCUT2D eigenvalue weighted by Crippen LogP contribution is -2.69. The average Bonchev–Trinajstić information content (AvgIpc) is 3.74. The summed E-state index contributed by atoms with van der Waals surface area (Å²) in [7, 11) is 0. The summed E-state index contributed by atoms with van der Waals surface area (Å²) >= 11 is 0. The van der Waals surface area contributed by atoms with E-state index in [1.54, 1.807) is 0 Å². The summed E-state index contributed by atoms with van der Waals surface area (Å²) in [5.41, 5.74) is 12.8. The molecule has 41 heavy (non-hydrogen) atoms. The van der Waals surface area contributed by atoms with Crippen LogP contribution in [0.25, 0.3) is 57.2 Å². The molecule has 4 heteroatoms. The molecule has 0 saturated heterocycles. The molecule has 0 radical (unpaired) electrons. The van der Waals surface area contributed by atoms with E-state index in [4.69, 9.17) is 0 Å². The summed E-state index contributed by atoms with van der Waals surface area (Å²) in [6.07, 6.45) is 9.74. The van der Waals surface area contributed by atoms with Crippen molar-refractivity contribution in [3.63, 3.8) is 0 Å². The third kappa shape index (κ3) is 1.80. The molecule has 186 valence electrons. The fourth-order valence-electron chi connectivity index (χ4n) is 8.75. The highest BCUT2D eigenvalue weighted by Crippen LogP contribution is 2.53. The van der Waals surface area contributed by atoms with Crippen molar-refractivity contribution < 1.29 is 9.15 Å². The first kappa shape index (κ1) is 19.6. The van der Waals surface area contributed by atoms with Crippen LogP contribution >= 0.6 is 0 Å². The second-order valence-electron chi connectivity index (χ2n) is 11.8. The van der Waals surface area contributed by atoms with Crippen LogP contribution in [-0.2, 0) is 5.91 Å². The van der Waals surface area contributed by atoms with Gasteiger partial charge < -0.3 is 0 Å². The van der Waals surface area contributed by atoms with Gasteiger partial charge in [0.05, 0.1) is 44.3 Å². The number of nitrogens with zero attached hydrogens (tertiary/aromatic N) is 4. The first-order chi connectivity index (χ1) is 20.4. The summed E-state index contributed by atoms with van der Waals surface area (Å²) in [6, 6.07) is 35.8. The largest absolute Gasteiger partial charge is 0.553 e. The van der Waals surface area contributed by atoms with Crippen molar-refractivity contribution in [3.05, 3.63) is 141 Å². The molecule has 0 N–H and O–H groups in total. The molecule has 1 spiro atoms. The molecule has 0 saturated carbocycles. The zero-order valence-electron chi connectivity index (χ0n) is 21.8. The van der Waals surface area contributed by atoms with Gasteiger partial charge in [-0.25, -0.2) is 0 Å². The van der Waals surface area contributed by atoms with Gasteiger partial charge in [0, 0.05) is 45.8 Å². The Labute approximate surface area is 234 Å². The standard InChI is InChI=1S/C37H20N4/c1-2-10-22-21(9-1)29-17-31-23-11-3-4-12-24(23)33-19-35-27-15-7-8-16-28(27)36-20-34-26-14-6-5-13-25(26)32-18-30(22)38(29)37(39(31)33,40(32)34)41(35)36/h1-20H/q+2. The van der Waals surface area contributed by atoms with Crippen molar-refractivity contribution in [1.29, 1.82) is 0 Å². The van der Waals surface area contributed by atoms with Gasteiger partial charge >= 0.3 is 5.91 Å². The Kier molecular flexibility index (Phi) is 2.85. The molecule has 8 heterocycles. The number of rotatable bonds is 0. The Balaban J connectivity index is 1.45. The lowest BCUT2D eigenvalue weighted by molar-refractivity contribution is -0.805. The van der Waals surface area contributed by atoms with E-state index in [1.807, 2.05) is 0 Å². The normalized spacial score (nSPS) is 18.4. The smallest absolute Gasteiger partial charge is 0.198 e. The van der Waals surface area contributed by atoms with Crippen molar-refractivity contribution in [2.45, 2.75) is 5.91 Å². The van der Waals surface area contributed by atoms with Gasteiger partial charge in [-0.15, -0.1) is 0 Å². The average molecular weight is 521 g/mol. The van der Waals surface area contributed by atoms with E-state index >= 15 is 0 Å². The van der Waals surface area contributed by atoms with Crippen LogP contribution in [0.15, 0.2) is 97.1 Å². The fourth-order valence-corrected chi connectivity index (χ4v) is 8.75. The molecule has 0 amide bonds. The van der Waals surface area contributed by atoms with Gasteiger partial charge in [0.15, 0.2) is 0 Å². The van der Waals surface area contributed by atoms with Crippen LogP contribution in [0.1, 0.15) is 33.6 Å². The van der Waals surface area contributed by atoms with E-state index in [-0.39, 0.29) is 0 Å². The summed E-state index contributed by atoms with van der Waals surface area (Å²) in [5, 5.41) is 7.72. The van der Waals surface area contributed by atoms with E-state index in [9.17, 15) is 0 Å². The first-order valence-electron chi connectivity index (χ1n) is 14.3. The van der Waals surface area contributed by atoms with Crippen LogP contribution in [0.2, 0.25) is 0 Å². The molecule has 12 rings (SSSR count). The number of hydrogen-bond acceptors (Lipinski definition) is 0. The predicted molar refractivity (Wildman–Crippen MR) is 163 cm³/mol. The van der Waals surface area contributed by atoms with E-state index in [2.05, 4.69) is 140 Å². The summed E-state index contributed by atoms with van der Waals surface area (Å²) in [4.78, 5) is 0. The maximum atomic E-state index is 2.63. The van der Waals surface area contributed by atoms with Crippen molar-refractivity contribution >= 4 is 68.7 Å². The van der Waals surface area contributed by atoms with Gasteiger partial charge in [-0.05, 0) is 24.3 Å². The van der Waals surface area contributed by atoms with Crippen LogP contribution in [0.4, 0.5) is 0 Å². The highest BCUT2D eigenvalue weighted by molar-refractivity contribution is 6.27. The van der Waals surface area contributed by atoms with Gasteiger partial charge in [0.2, 0.25) is 22.8 Å². The monoisotopic (exact) mass is 520 g/mol. The number of benzene rings is 4. The number of fused-ring (bicyclic) bond motifs is 12. The lowest BCUT2D eigenvalue weighted by atomic mass is 10.0. The van der Waals surface area contributed by atoms with Crippen LogP contribution in [0.5, 0.6) is 0 Å². The van der Waals surface area contributed by atoms with E-state index in [0.29, 0.717) is 0 Å². The Morgan fingerprint density at radius 3 is 1.32 bits per heavy atom. The van der Waals surface area contributed by atoms with Crippen molar-refractivity contribution in [2.24, 2.45) is 0 Å². The van der Waals surface area contributed by atoms with Crippen LogP contribution in [0.3, 0.4) is 0 Å². The van der Waals surface area contributed by atoms with E-state index < -0.39 is 5.91 Å². The molecular weight excluding hydrogens is 500 g/mol. The molecule has 4 aromatic carbocycles. The minimum atomic E-state index is -0.673. The van der Waals surface area contributed by atoms with Gasteiger partial charge in [-0.1, -0.05) is 81.9 Å². The Morgan fingerprint density at radius 1 is 0.415 bits per heavy atom. The van der Waals surface area contributed by atoms with Crippen molar-refractivity contribution in [2.75, 3.05) is 0 Å². The van der Waals surface area contributed by atoms with Gasteiger partial charge in [0.1, 0.15) is 0 Å². The van der Waals surface area contributed by atoms with Crippen LogP contribution in [0, 0.1) is 0 Å². The molecule has 0 aliphatic carbocycles. The zero-order chi connectivity index (χ0) is 26.2. The maximum absolute atomic E-state index is 2.63. The SMILES string of the molecule is C1=C2c3ccccc3C3=[N+]2C24n5c1c1ccccc1c5C=C1c5ccccc5C(=[N+]12)C=c1c2ccccc2c(n14)=C3. The van der Waals surface area contributed by atoms with Gasteiger partial charge in [-0.3, -0.25) is 0 Å². The fraction of sp³-hybridized carbons (Fsp3) is 0.0270. The second kappa shape index (κ2) is 5.98. The minimum Gasteiger partial charge on any atom is -0.198 e. The summed E-state index contributed by atoms with van der Waals surface area (Å²) in [6.45, 7) is 0. The second-order valence-corrected chi connectivity index (χ2v) is 11.8. The molecule has 0 atom stereocenters. The molecule has 6 aliphatic heterocycles. The van der Waals surface area contributed by atoms with E-state index in [1.165, 1.54) is 88.7 Å². The Morgan fingerprint density at radius 2 is 0.829 bits per heavy atom. The predicted octanol–water partition coefficient (Wildman–Crippen LogP) is 4.95. The van der Waals surface area contributed by atoms with E-state index in [0.717, 1.165) is 0 Å². The number of hydrogen-bond donors (Lipinski definition) is 0. The molecule has 0 unspecified atom stereocenters. The van der Waals surface area contributed by atoms with Crippen molar-refractivity contribution in [1.82, 2.24) is 9.13 Å². The van der Waals surface area contributed by atoms with Crippen LogP contribution in [-0.4, -0.2) is 29.7 Å². The third-order valence-electron chi connectivity index (χ3n) is 10.1. The Bertz CT molecular complexity index is 2460. The lowest BCUT2D eigenvalue weighted by Gasteiger charge is -2.37. The molecule has 6 aromatic rings. The van der Waals surface area contributed by atoms with Gasteiger partial charge in [0.25, 0.3) is 0 Å². The van der Waals surface area contributed by atoms with Crippen molar-refractivity contribution in [3.8, 4) is 0 Å². The molecule has 4 nitrogen and oxygen atoms in total. The molecule has 2 aromatic heterocycles. The summed E-state index contributed by atoms with van der Waals surface area (Å²) in [5.74, 6) is -0.673. The third-order valence-corrected chi connectivity index (χ3v) is 10.1. The highest BCUT2D eigenvalue weighted by atomic mass is 15.6. The maximum Gasteiger partial charge on any atom is 0.553 e. The molecular formula is C37H20N4+2. The molecule has 0 fully saturated rings. The highest BCUT2D eigenvalue weighted by Gasteiger charge is 2.72. The minimum absolute atomic E-state index is 0.673. The quantitative estimate of drug-likeness (QED) is 0.252. The topological polar surface area (TPSA) is 15.9 Å². The number of aromatic nitrogens is 2. The first-order valence-corrected chi connectivity index (χ1v) is 14.3. The van der Waals surface area contributed by atoms with Crippen LogP contribution < -0.4 is 10.7 Å².